The highest BCUT2D eigenvalue weighted by atomic mass is 35.5. The summed E-state index contributed by atoms with van der Waals surface area (Å²) in [6.07, 6.45) is 1.79. The van der Waals surface area contributed by atoms with Crippen molar-refractivity contribution in [3.63, 3.8) is 0 Å². The number of nitrogens with zero attached hydrogens (tertiary/aromatic N) is 2. The lowest BCUT2D eigenvalue weighted by molar-refractivity contribution is -0.146. The van der Waals surface area contributed by atoms with Crippen molar-refractivity contribution in [3.05, 3.63) is 15.5 Å². The summed E-state index contributed by atoms with van der Waals surface area (Å²) < 4.78 is 5.38. The van der Waals surface area contributed by atoms with Crippen molar-refractivity contribution in [3.8, 4) is 0 Å². The minimum atomic E-state index is -0.109. The number of halogens is 1. The van der Waals surface area contributed by atoms with Gasteiger partial charge < -0.3 is 4.74 Å². The van der Waals surface area contributed by atoms with Crippen molar-refractivity contribution in [1.82, 2.24) is 9.88 Å². The summed E-state index contributed by atoms with van der Waals surface area (Å²) in [7, 11) is 1.45. The van der Waals surface area contributed by atoms with E-state index in [1.165, 1.54) is 18.4 Å². The summed E-state index contributed by atoms with van der Waals surface area (Å²) in [4.78, 5) is 18.9. The SMILES string of the molecule is COC(=O)C1CN(Cc2cnc(Cl)s2)CC1C. The number of aromatic nitrogens is 1. The molecule has 94 valence electrons. The Morgan fingerprint density at radius 2 is 2.47 bits per heavy atom. The van der Waals surface area contributed by atoms with Gasteiger partial charge >= 0.3 is 5.97 Å². The van der Waals surface area contributed by atoms with E-state index < -0.39 is 0 Å². The van der Waals surface area contributed by atoms with Crippen LogP contribution < -0.4 is 0 Å². The molecule has 0 spiro atoms. The zero-order valence-electron chi connectivity index (χ0n) is 9.85. The van der Waals surface area contributed by atoms with Gasteiger partial charge in [-0.3, -0.25) is 9.69 Å². The van der Waals surface area contributed by atoms with Crippen molar-refractivity contribution in [2.45, 2.75) is 13.5 Å². The van der Waals surface area contributed by atoms with E-state index in [-0.39, 0.29) is 11.9 Å². The molecule has 4 nitrogen and oxygen atoms in total. The van der Waals surface area contributed by atoms with Gasteiger partial charge in [-0.2, -0.15) is 0 Å². The number of esters is 1. The van der Waals surface area contributed by atoms with Crippen molar-refractivity contribution in [2.24, 2.45) is 11.8 Å². The van der Waals surface area contributed by atoms with Crippen molar-refractivity contribution >= 4 is 28.9 Å². The molecule has 1 aliphatic heterocycles. The van der Waals surface area contributed by atoms with Crippen molar-refractivity contribution in [1.29, 1.82) is 0 Å². The normalized spacial score (nSPS) is 25.1. The second-order valence-corrected chi connectivity index (χ2v) is 6.08. The van der Waals surface area contributed by atoms with Crippen LogP contribution in [0.1, 0.15) is 11.8 Å². The Morgan fingerprint density at radius 1 is 1.71 bits per heavy atom. The lowest BCUT2D eigenvalue weighted by atomic mass is 9.99. The highest BCUT2D eigenvalue weighted by molar-refractivity contribution is 7.15. The molecule has 0 amide bonds. The fourth-order valence-corrected chi connectivity index (χ4v) is 3.25. The summed E-state index contributed by atoms with van der Waals surface area (Å²) >= 11 is 7.28. The molecular formula is C11H15ClN2O2S. The maximum absolute atomic E-state index is 11.5. The number of ether oxygens (including phenoxy) is 1. The van der Waals surface area contributed by atoms with E-state index in [4.69, 9.17) is 16.3 Å². The largest absolute Gasteiger partial charge is 0.469 e. The minimum Gasteiger partial charge on any atom is -0.469 e. The molecule has 0 bridgehead atoms. The van der Waals surface area contributed by atoms with E-state index in [9.17, 15) is 4.79 Å². The quantitative estimate of drug-likeness (QED) is 0.791. The summed E-state index contributed by atoms with van der Waals surface area (Å²) in [6.45, 7) is 4.56. The van der Waals surface area contributed by atoms with E-state index in [2.05, 4.69) is 16.8 Å². The number of thiazole rings is 1. The Bertz CT molecular complexity index is 410. The minimum absolute atomic E-state index is 0.0107. The first-order chi connectivity index (χ1) is 8.10. The molecule has 0 aromatic carbocycles. The Labute approximate surface area is 110 Å². The molecule has 1 aromatic heterocycles. The lowest BCUT2D eigenvalue weighted by Gasteiger charge is -2.13. The van der Waals surface area contributed by atoms with Gasteiger partial charge in [0.1, 0.15) is 0 Å². The van der Waals surface area contributed by atoms with Gasteiger partial charge in [0.25, 0.3) is 0 Å². The molecule has 2 unspecified atom stereocenters. The van der Waals surface area contributed by atoms with Crippen molar-refractivity contribution in [2.75, 3.05) is 20.2 Å². The molecule has 1 aromatic rings. The Morgan fingerprint density at radius 3 is 3.06 bits per heavy atom. The molecule has 0 radical (unpaired) electrons. The van der Waals surface area contributed by atoms with Crippen molar-refractivity contribution < 1.29 is 9.53 Å². The Hall–Kier alpha value is -0.650. The van der Waals surface area contributed by atoms with Gasteiger partial charge in [-0.1, -0.05) is 18.5 Å². The number of likely N-dealkylation sites (tertiary alicyclic amines) is 1. The molecule has 1 saturated heterocycles. The highest BCUT2D eigenvalue weighted by Gasteiger charge is 2.35. The second-order valence-electron chi connectivity index (χ2n) is 4.38. The summed E-state index contributed by atoms with van der Waals surface area (Å²) in [5.41, 5.74) is 0. The van der Waals surface area contributed by atoms with Crippen LogP contribution in [0.3, 0.4) is 0 Å². The maximum Gasteiger partial charge on any atom is 0.310 e. The van der Waals surface area contributed by atoms with Gasteiger partial charge in [0.15, 0.2) is 4.47 Å². The van der Waals surface area contributed by atoms with Crippen LogP contribution in [0, 0.1) is 11.8 Å². The molecule has 2 atom stereocenters. The summed E-state index contributed by atoms with van der Waals surface area (Å²) in [5, 5.41) is 0. The lowest BCUT2D eigenvalue weighted by Crippen LogP contribution is -2.24. The van der Waals surface area contributed by atoms with Crippen LogP contribution in [0.25, 0.3) is 0 Å². The monoisotopic (exact) mass is 274 g/mol. The van der Waals surface area contributed by atoms with Gasteiger partial charge in [-0.15, -0.1) is 11.3 Å². The zero-order valence-corrected chi connectivity index (χ0v) is 11.4. The van der Waals surface area contributed by atoms with E-state index >= 15 is 0 Å². The molecule has 0 saturated carbocycles. The van der Waals surface area contributed by atoms with E-state index in [0.717, 1.165) is 24.5 Å². The average Bonchev–Trinajstić information content (AvgIpc) is 2.85. The van der Waals surface area contributed by atoms with Crippen LogP contribution >= 0.6 is 22.9 Å². The smallest absolute Gasteiger partial charge is 0.310 e. The van der Waals surface area contributed by atoms with Crippen LogP contribution in [0.15, 0.2) is 6.20 Å². The van der Waals surface area contributed by atoms with Crippen LogP contribution in [0.4, 0.5) is 0 Å². The molecule has 2 heterocycles. The molecular weight excluding hydrogens is 260 g/mol. The van der Waals surface area contributed by atoms with E-state index in [1.54, 1.807) is 6.20 Å². The number of carbonyl (C=O) groups is 1. The summed E-state index contributed by atoms with van der Waals surface area (Å²) in [6, 6.07) is 0. The van der Waals surface area contributed by atoms with Crippen LogP contribution in [0.2, 0.25) is 4.47 Å². The predicted octanol–water partition coefficient (Wildman–Crippen LogP) is 2.04. The first kappa shape index (κ1) is 12.8. The molecule has 17 heavy (non-hydrogen) atoms. The van der Waals surface area contributed by atoms with E-state index in [0.29, 0.717) is 10.4 Å². The van der Waals surface area contributed by atoms with Crippen LogP contribution in [-0.4, -0.2) is 36.1 Å². The molecule has 0 N–H and O–H groups in total. The standard InChI is InChI=1S/C11H15ClN2O2S/c1-7-4-14(6-9(7)10(15)16-2)5-8-3-13-11(12)17-8/h3,7,9H,4-6H2,1-2H3. The third kappa shape index (κ3) is 2.97. The second kappa shape index (κ2) is 5.33. The van der Waals surface area contributed by atoms with Crippen LogP contribution in [0.5, 0.6) is 0 Å². The zero-order chi connectivity index (χ0) is 12.4. The van der Waals surface area contributed by atoms with E-state index in [1.807, 2.05) is 0 Å². The predicted molar refractivity (Wildman–Crippen MR) is 67.1 cm³/mol. The molecule has 2 rings (SSSR count). The molecule has 6 heteroatoms. The van der Waals surface area contributed by atoms with Gasteiger partial charge in [-0.25, -0.2) is 4.98 Å². The molecule has 1 fully saturated rings. The Kier molecular flexibility index (Phi) is 4.01. The fourth-order valence-electron chi connectivity index (χ4n) is 2.23. The molecule has 1 aliphatic rings. The van der Waals surface area contributed by atoms with Gasteiger partial charge in [0.2, 0.25) is 0 Å². The van der Waals surface area contributed by atoms with Gasteiger partial charge in [-0.05, 0) is 5.92 Å². The number of hydrogen-bond acceptors (Lipinski definition) is 5. The number of carbonyl (C=O) groups excluding carboxylic acids is 1. The topological polar surface area (TPSA) is 42.4 Å². The van der Waals surface area contributed by atoms with Gasteiger partial charge in [0.05, 0.1) is 13.0 Å². The number of methoxy groups -OCH3 is 1. The first-order valence-electron chi connectivity index (χ1n) is 5.50. The third-order valence-corrected chi connectivity index (χ3v) is 4.20. The third-order valence-electron chi connectivity index (χ3n) is 3.10. The first-order valence-corrected chi connectivity index (χ1v) is 6.70. The van der Waals surface area contributed by atoms with Crippen LogP contribution in [-0.2, 0) is 16.1 Å². The number of hydrogen-bond donors (Lipinski definition) is 0. The number of rotatable bonds is 3. The molecule has 0 aliphatic carbocycles. The van der Waals surface area contributed by atoms with Gasteiger partial charge in [0, 0.05) is 30.7 Å². The maximum atomic E-state index is 11.5. The average molecular weight is 275 g/mol. The summed E-state index contributed by atoms with van der Waals surface area (Å²) in [5.74, 6) is 0.219. The fraction of sp³-hybridized carbons (Fsp3) is 0.636. The highest BCUT2D eigenvalue weighted by Crippen LogP contribution is 2.27. The Balaban J connectivity index is 1.95.